The van der Waals surface area contributed by atoms with Crippen molar-refractivity contribution in [3.8, 4) is 5.75 Å². The van der Waals surface area contributed by atoms with Crippen molar-refractivity contribution >= 4 is 15.7 Å². The fraction of sp³-hybridized carbons (Fsp3) is 0.429. The number of aryl methyl sites for hydroxylation is 1. The second kappa shape index (κ2) is 6.81. The molecule has 29 heavy (non-hydrogen) atoms. The molecular formula is C21H24N4O3S. The van der Waals surface area contributed by atoms with Gasteiger partial charge in [0.2, 0.25) is 10.0 Å². The highest BCUT2D eigenvalue weighted by Crippen LogP contribution is 2.37. The van der Waals surface area contributed by atoms with E-state index in [4.69, 9.17) is 4.74 Å². The van der Waals surface area contributed by atoms with E-state index in [2.05, 4.69) is 23.9 Å². The number of pyridine rings is 1. The molecule has 2 aromatic heterocycles. The van der Waals surface area contributed by atoms with Gasteiger partial charge in [-0.15, -0.1) is 0 Å². The quantitative estimate of drug-likeness (QED) is 0.661. The first-order valence-corrected chi connectivity index (χ1v) is 11.4. The zero-order valence-electron chi connectivity index (χ0n) is 16.6. The largest absolute Gasteiger partial charge is 0.493 e. The highest BCUT2D eigenvalue weighted by Gasteiger charge is 2.32. The topological polar surface area (TPSA) is 76.8 Å². The summed E-state index contributed by atoms with van der Waals surface area (Å²) < 4.78 is 35.4. The van der Waals surface area contributed by atoms with Crippen LogP contribution in [-0.4, -0.2) is 47.0 Å². The summed E-state index contributed by atoms with van der Waals surface area (Å²) >= 11 is 0. The lowest BCUT2D eigenvalue weighted by molar-refractivity contribution is 0.318. The van der Waals surface area contributed by atoms with Gasteiger partial charge in [-0.3, -0.25) is 0 Å². The van der Waals surface area contributed by atoms with Crippen LogP contribution in [0.15, 0.2) is 41.7 Å². The number of hydrogen-bond acceptors (Lipinski definition) is 5. The number of hydrogen-bond donors (Lipinski definition) is 0. The van der Waals surface area contributed by atoms with E-state index in [0.29, 0.717) is 30.5 Å². The summed E-state index contributed by atoms with van der Waals surface area (Å²) in [5.41, 5.74) is 4.22. The molecule has 0 aliphatic carbocycles. The van der Waals surface area contributed by atoms with Crippen LogP contribution < -0.4 is 4.74 Å². The molecule has 0 spiro atoms. The average molecular weight is 413 g/mol. The maximum atomic E-state index is 13.2. The minimum atomic E-state index is -3.50. The van der Waals surface area contributed by atoms with Crippen molar-refractivity contribution in [3.05, 3.63) is 53.5 Å². The minimum Gasteiger partial charge on any atom is -0.493 e. The molecule has 0 saturated carbocycles. The first-order valence-electron chi connectivity index (χ1n) is 10.0. The molecule has 1 saturated heterocycles. The molecule has 1 fully saturated rings. The molecule has 1 atom stereocenters. The minimum absolute atomic E-state index is 0.223. The number of piperidine rings is 1. The third-order valence-electron chi connectivity index (χ3n) is 6.20. The lowest BCUT2D eigenvalue weighted by Gasteiger charge is -2.32. The van der Waals surface area contributed by atoms with Gasteiger partial charge in [0.05, 0.1) is 11.5 Å². The molecule has 0 amide bonds. The van der Waals surface area contributed by atoms with E-state index in [-0.39, 0.29) is 5.92 Å². The second-order valence-electron chi connectivity index (χ2n) is 8.06. The summed E-state index contributed by atoms with van der Waals surface area (Å²) in [6, 6.07) is 7.28. The first-order chi connectivity index (χ1) is 13.9. The Bertz CT molecular complexity index is 1180. The maximum Gasteiger partial charge on any atom is 0.243 e. The van der Waals surface area contributed by atoms with Crippen molar-refractivity contribution in [2.24, 2.45) is 0 Å². The third kappa shape index (κ3) is 3.11. The smallest absolute Gasteiger partial charge is 0.243 e. The maximum absolute atomic E-state index is 13.2. The number of nitrogens with zero attached hydrogens (tertiary/aromatic N) is 4. The van der Waals surface area contributed by atoms with Crippen molar-refractivity contribution in [1.82, 2.24) is 18.9 Å². The molecule has 152 valence electrons. The molecule has 0 radical (unpaired) electrons. The fourth-order valence-electron chi connectivity index (χ4n) is 4.46. The summed E-state index contributed by atoms with van der Waals surface area (Å²) in [7, 11) is -3.50. The normalized spacial score (nSPS) is 20.7. The van der Waals surface area contributed by atoms with Crippen LogP contribution in [0.1, 0.15) is 48.3 Å². The molecule has 4 heterocycles. The Hall–Kier alpha value is -2.45. The number of rotatable bonds is 3. The number of aromatic nitrogens is 3. The molecule has 3 aromatic rings. The molecule has 2 aliphatic heterocycles. The highest BCUT2D eigenvalue weighted by atomic mass is 32.2. The summed E-state index contributed by atoms with van der Waals surface area (Å²) in [5.74, 6) is 1.35. The van der Waals surface area contributed by atoms with E-state index >= 15 is 0 Å². The fourth-order valence-corrected chi connectivity index (χ4v) is 5.97. The molecule has 1 unspecified atom stereocenters. The number of ether oxygens (including phenoxy) is 1. The predicted molar refractivity (Wildman–Crippen MR) is 109 cm³/mol. The first kappa shape index (κ1) is 18.6. The standard InChI is InChI=1S/C21H24N4O3S/c1-14-9-21-22-13-23-25(21)11-19(14)16-5-7-24(8-6-16)29(26,27)17-3-4-20-18(10-17)15(2)12-28-20/h3-4,9-11,13,15-16H,5-8,12H2,1-2H3. The van der Waals surface area contributed by atoms with E-state index in [0.717, 1.165) is 29.8 Å². The number of sulfonamides is 1. The van der Waals surface area contributed by atoms with Crippen LogP contribution in [0.5, 0.6) is 5.75 Å². The van der Waals surface area contributed by atoms with E-state index in [9.17, 15) is 8.42 Å². The zero-order chi connectivity index (χ0) is 20.2. The average Bonchev–Trinajstić information content (AvgIpc) is 3.33. The molecule has 8 heteroatoms. The van der Waals surface area contributed by atoms with E-state index < -0.39 is 10.0 Å². The second-order valence-corrected chi connectivity index (χ2v) is 10.0. The number of benzene rings is 1. The van der Waals surface area contributed by atoms with Gasteiger partial charge in [-0.25, -0.2) is 17.9 Å². The summed E-state index contributed by atoms with van der Waals surface area (Å²) in [6.45, 7) is 5.79. The molecule has 0 N–H and O–H groups in total. The van der Waals surface area contributed by atoms with Crippen LogP contribution in [0.4, 0.5) is 0 Å². The Kier molecular flexibility index (Phi) is 4.36. The lowest BCUT2D eigenvalue weighted by atomic mass is 9.89. The van der Waals surface area contributed by atoms with Gasteiger partial charge in [0, 0.05) is 30.8 Å². The van der Waals surface area contributed by atoms with Crippen LogP contribution in [0.3, 0.4) is 0 Å². The van der Waals surface area contributed by atoms with Gasteiger partial charge in [-0.1, -0.05) is 6.92 Å². The Morgan fingerprint density at radius 2 is 1.93 bits per heavy atom. The molecule has 2 aliphatic rings. The highest BCUT2D eigenvalue weighted by molar-refractivity contribution is 7.89. The third-order valence-corrected chi connectivity index (χ3v) is 8.09. The van der Waals surface area contributed by atoms with Crippen LogP contribution in [0.25, 0.3) is 5.65 Å². The van der Waals surface area contributed by atoms with Crippen molar-refractivity contribution in [2.45, 2.75) is 43.4 Å². The SMILES string of the molecule is Cc1cc2ncnn2cc1C1CCN(S(=O)(=O)c2ccc3c(c2)C(C)CO3)CC1. The Labute approximate surface area is 170 Å². The molecule has 1 aromatic carbocycles. The lowest BCUT2D eigenvalue weighted by Crippen LogP contribution is -2.38. The van der Waals surface area contributed by atoms with Gasteiger partial charge in [0.1, 0.15) is 12.1 Å². The van der Waals surface area contributed by atoms with Gasteiger partial charge in [-0.05, 0) is 61.1 Å². The van der Waals surface area contributed by atoms with Crippen LogP contribution in [-0.2, 0) is 10.0 Å². The van der Waals surface area contributed by atoms with Gasteiger partial charge in [0.25, 0.3) is 0 Å². The van der Waals surface area contributed by atoms with E-state index in [1.807, 2.05) is 12.3 Å². The van der Waals surface area contributed by atoms with E-state index in [1.165, 1.54) is 11.1 Å². The monoisotopic (exact) mass is 412 g/mol. The molecular weight excluding hydrogens is 388 g/mol. The van der Waals surface area contributed by atoms with Gasteiger partial charge in [-0.2, -0.15) is 9.40 Å². The summed E-state index contributed by atoms with van der Waals surface area (Å²) in [5, 5.41) is 4.23. The van der Waals surface area contributed by atoms with Crippen molar-refractivity contribution in [1.29, 1.82) is 0 Å². The van der Waals surface area contributed by atoms with Gasteiger partial charge < -0.3 is 4.74 Å². The predicted octanol–water partition coefficient (Wildman–Crippen LogP) is 3.10. The van der Waals surface area contributed by atoms with Crippen molar-refractivity contribution < 1.29 is 13.2 Å². The summed E-state index contributed by atoms with van der Waals surface area (Å²) in [4.78, 5) is 4.60. The van der Waals surface area contributed by atoms with Crippen molar-refractivity contribution in [3.63, 3.8) is 0 Å². The van der Waals surface area contributed by atoms with Gasteiger partial charge in [0.15, 0.2) is 5.65 Å². The Morgan fingerprint density at radius 3 is 2.72 bits per heavy atom. The summed E-state index contributed by atoms with van der Waals surface area (Å²) in [6.07, 6.45) is 5.18. The van der Waals surface area contributed by atoms with E-state index in [1.54, 1.807) is 33.3 Å². The molecule has 7 nitrogen and oxygen atoms in total. The van der Waals surface area contributed by atoms with Gasteiger partial charge >= 0.3 is 0 Å². The molecule has 5 rings (SSSR count). The van der Waals surface area contributed by atoms with Crippen LogP contribution in [0, 0.1) is 6.92 Å². The molecule has 0 bridgehead atoms. The van der Waals surface area contributed by atoms with Crippen LogP contribution in [0.2, 0.25) is 0 Å². The van der Waals surface area contributed by atoms with Crippen LogP contribution >= 0.6 is 0 Å². The Balaban J connectivity index is 1.36. The zero-order valence-corrected chi connectivity index (χ0v) is 17.4. The Morgan fingerprint density at radius 1 is 1.14 bits per heavy atom. The van der Waals surface area contributed by atoms with Crippen molar-refractivity contribution in [2.75, 3.05) is 19.7 Å². The number of fused-ring (bicyclic) bond motifs is 2.